The molecule has 0 unspecified atom stereocenters. The number of rotatable bonds is 5. The number of nitrogens with zero attached hydrogens (tertiary/aromatic N) is 2. The number of hydrogen-bond acceptors (Lipinski definition) is 4. The molecule has 22 heavy (non-hydrogen) atoms. The normalized spacial score (nSPS) is 10.5. The number of amides is 2. The lowest BCUT2D eigenvalue weighted by molar-refractivity contribution is -0.117. The lowest BCUT2D eigenvalue weighted by Gasteiger charge is -2.26. The molecule has 0 saturated heterocycles. The second-order valence-electron chi connectivity index (χ2n) is 5.26. The minimum atomic E-state index is -0.314. The molecule has 0 saturated carbocycles. The Labute approximate surface area is 129 Å². The Kier molecular flexibility index (Phi) is 4.93. The van der Waals surface area contributed by atoms with E-state index in [0.717, 1.165) is 0 Å². The van der Waals surface area contributed by atoms with E-state index in [9.17, 15) is 9.59 Å². The van der Waals surface area contributed by atoms with Crippen molar-refractivity contribution in [2.24, 2.45) is 0 Å². The first-order valence-corrected chi connectivity index (χ1v) is 7.06. The van der Waals surface area contributed by atoms with Crippen molar-refractivity contribution < 1.29 is 14.1 Å². The van der Waals surface area contributed by atoms with E-state index in [1.54, 1.807) is 37.3 Å². The Morgan fingerprint density at radius 2 is 1.95 bits per heavy atom. The molecule has 2 rings (SSSR count). The Morgan fingerprint density at radius 1 is 1.27 bits per heavy atom. The Morgan fingerprint density at radius 3 is 2.50 bits per heavy atom. The summed E-state index contributed by atoms with van der Waals surface area (Å²) < 4.78 is 4.89. The fraction of sp³-hybridized carbons (Fsp3) is 0.312. The summed E-state index contributed by atoms with van der Waals surface area (Å²) in [6.07, 6.45) is 0. The third kappa shape index (κ3) is 3.94. The lowest BCUT2D eigenvalue weighted by atomic mass is 10.1. The van der Waals surface area contributed by atoms with Crippen LogP contribution in [0.5, 0.6) is 0 Å². The first-order valence-electron chi connectivity index (χ1n) is 7.06. The van der Waals surface area contributed by atoms with Gasteiger partial charge in [-0.2, -0.15) is 0 Å². The van der Waals surface area contributed by atoms with Gasteiger partial charge >= 0.3 is 0 Å². The molecule has 1 N–H and O–H groups in total. The SMILES string of the molecule is Cc1cc(NC(=O)CN(C(=O)c2ccccc2)C(C)C)no1. The summed E-state index contributed by atoms with van der Waals surface area (Å²) in [6, 6.07) is 10.4. The van der Waals surface area contributed by atoms with Crippen molar-refractivity contribution in [2.45, 2.75) is 26.8 Å². The Balaban J connectivity index is 2.05. The van der Waals surface area contributed by atoms with Crippen LogP contribution in [0.1, 0.15) is 30.0 Å². The number of benzene rings is 1. The van der Waals surface area contributed by atoms with Gasteiger partial charge in [-0.1, -0.05) is 23.4 Å². The highest BCUT2D eigenvalue weighted by atomic mass is 16.5. The van der Waals surface area contributed by atoms with Crippen LogP contribution in [-0.2, 0) is 4.79 Å². The summed E-state index contributed by atoms with van der Waals surface area (Å²) >= 11 is 0. The van der Waals surface area contributed by atoms with Gasteiger partial charge < -0.3 is 14.7 Å². The zero-order valence-electron chi connectivity index (χ0n) is 12.9. The average molecular weight is 301 g/mol. The van der Waals surface area contributed by atoms with E-state index in [2.05, 4.69) is 10.5 Å². The summed E-state index contributed by atoms with van der Waals surface area (Å²) in [6.45, 7) is 5.43. The van der Waals surface area contributed by atoms with Gasteiger partial charge in [0.2, 0.25) is 5.91 Å². The van der Waals surface area contributed by atoms with E-state index >= 15 is 0 Å². The second-order valence-corrected chi connectivity index (χ2v) is 5.26. The van der Waals surface area contributed by atoms with Crippen LogP contribution in [0.4, 0.5) is 5.82 Å². The number of hydrogen-bond donors (Lipinski definition) is 1. The zero-order chi connectivity index (χ0) is 16.1. The largest absolute Gasteiger partial charge is 0.360 e. The van der Waals surface area contributed by atoms with Gasteiger partial charge in [-0.05, 0) is 32.9 Å². The molecule has 116 valence electrons. The molecule has 1 aromatic carbocycles. The number of anilines is 1. The van der Waals surface area contributed by atoms with Gasteiger partial charge in [0.25, 0.3) is 5.91 Å². The molecule has 0 radical (unpaired) electrons. The Bertz CT molecular complexity index is 650. The van der Waals surface area contributed by atoms with E-state index in [1.165, 1.54) is 4.90 Å². The molecule has 1 aromatic heterocycles. The zero-order valence-corrected chi connectivity index (χ0v) is 12.9. The molecule has 0 fully saturated rings. The van der Waals surface area contributed by atoms with Crippen molar-refractivity contribution in [1.29, 1.82) is 0 Å². The average Bonchev–Trinajstić information content (AvgIpc) is 2.89. The highest BCUT2D eigenvalue weighted by Crippen LogP contribution is 2.10. The molecule has 0 atom stereocenters. The van der Waals surface area contributed by atoms with Gasteiger partial charge in [0.15, 0.2) is 5.82 Å². The molecule has 2 amide bonds. The predicted octanol–water partition coefficient (Wildman–Crippen LogP) is 2.47. The molecule has 0 aliphatic rings. The molecule has 6 nitrogen and oxygen atoms in total. The van der Waals surface area contributed by atoms with Crippen molar-refractivity contribution >= 4 is 17.6 Å². The number of aryl methyl sites for hydroxylation is 1. The highest BCUT2D eigenvalue weighted by Gasteiger charge is 2.21. The highest BCUT2D eigenvalue weighted by molar-refractivity contribution is 5.99. The van der Waals surface area contributed by atoms with Gasteiger partial charge in [-0.25, -0.2) is 0 Å². The molecule has 1 heterocycles. The quantitative estimate of drug-likeness (QED) is 0.920. The summed E-state index contributed by atoms with van der Waals surface area (Å²) in [5.41, 5.74) is 0.557. The molecular weight excluding hydrogens is 282 g/mol. The van der Waals surface area contributed by atoms with Crippen molar-refractivity contribution in [3.8, 4) is 0 Å². The summed E-state index contributed by atoms with van der Waals surface area (Å²) in [7, 11) is 0. The molecular formula is C16H19N3O3. The van der Waals surface area contributed by atoms with Crippen LogP contribution in [0.25, 0.3) is 0 Å². The number of carbonyl (C=O) groups excluding carboxylic acids is 2. The van der Waals surface area contributed by atoms with Crippen LogP contribution in [-0.4, -0.2) is 34.5 Å². The number of aromatic nitrogens is 1. The van der Waals surface area contributed by atoms with Gasteiger partial charge in [-0.3, -0.25) is 9.59 Å². The van der Waals surface area contributed by atoms with Gasteiger partial charge in [0, 0.05) is 17.7 Å². The van der Waals surface area contributed by atoms with Crippen molar-refractivity contribution in [3.05, 3.63) is 47.7 Å². The number of nitrogens with one attached hydrogen (secondary N) is 1. The van der Waals surface area contributed by atoms with E-state index in [0.29, 0.717) is 17.1 Å². The van der Waals surface area contributed by atoms with Crippen LogP contribution in [0.15, 0.2) is 40.9 Å². The van der Waals surface area contributed by atoms with E-state index in [-0.39, 0.29) is 24.4 Å². The number of carbonyl (C=O) groups is 2. The van der Waals surface area contributed by atoms with Crippen LogP contribution in [0.2, 0.25) is 0 Å². The van der Waals surface area contributed by atoms with Crippen molar-refractivity contribution in [1.82, 2.24) is 10.1 Å². The molecule has 0 spiro atoms. The van der Waals surface area contributed by atoms with Gasteiger partial charge in [0.05, 0.1) is 0 Å². The van der Waals surface area contributed by atoms with Crippen molar-refractivity contribution in [3.63, 3.8) is 0 Å². The topological polar surface area (TPSA) is 75.4 Å². The maximum Gasteiger partial charge on any atom is 0.254 e. The molecule has 2 aromatic rings. The van der Waals surface area contributed by atoms with Crippen LogP contribution in [0, 0.1) is 6.92 Å². The van der Waals surface area contributed by atoms with Crippen LogP contribution in [0.3, 0.4) is 0 Å². The first-order chi connectivity index (χ1) is 10.5. The lowest BCUT2D eigenvalue weighted by Crippen LogP contribution is -2.42. The summed E-state index contributed by atoms with van der Waals surface area (Å²) in [5.74, 6) is 0.461. The van der Waals surface area contributed by atoms with Crippen molar-refractivity contribution in [2.75, 3.05) is 11.9 Å². The van der Waals surface area contributed by atoms with Crippen LogP contribution >= 0.6 is 0 Å². The molecule has 0 bridgehead atoms. The minimum Gasteiger partial charge on any atom is -0.360 e. The van der Waals surface area contributed by atoms with E-state index in [1.807, 2.05) is 19.9 Å². The molecule has 0 aliphatic carbocycles. The van der Waals surface area contributed by atoms with Crippen LogP contribution < -0.4 is 5.32 Å². The Hall–Kier alpha value is -2.63. The predicted molar refractivity (Wildman–Crippen MR) is 82.5 cm³/mol. The third-order valence-corrected chi connectivity index (χ3v) is 3.11. The fourth-order valence-corrected chi connectivity index (χ4v) is 2.00. The van der Waals surface area contributed by atoms with E-state index in [4.69, 9.17) is 4.52 Å². The maximum atomic E-state index is 12.5. The van der Waals surface area contributed by atoms with E-state index < -0.39 is 0 Å². The third-order valence-electron chi connectivity index (χ3n) is 3.11. The summed E-state index contributed by atoms with van der Waals surface area (Å²) in [5, 5.41) is 6.32. The monoisotopic (exact) mass is 301 g/mol. The van der Waals surface area contributed by atoms with Gasteiger partial charge in [0.1, 0.15) is 12.3 Å². The second kappa shape index (κ2) is 6.89. The van der Waals surface area contributed by atoms with Gasteiger partial charge in [-0.15, -0.1) is 0 Å². The minimum absolute atomic E-state index is 0.0443. The molecule has 0 aliphatic heterocycles. The molecule has 6 heteroatoms. The maximum absolute atomic E-state index is 12.5. The fourth-order valence-electron chi connectivity index (χ4n) is 2.00. The summed E-state index contributed by atoms with van der Waals surface area (Å²) in [4.78, 5) is 26.1. The standard InChI is InChI=1S/C16H19N3O3/c1-11(2)19(16(21)13-7-5-4-6-8-13)10-15(20)17-14-9-12(3)22-18-14/h4-9,11H,10H2,1-3H3,(H,17,18,20). The smallest absolute Gasteiger partial charge is 0.254 e. The first kappa shape index (κ1) is 15.8.